The van der Waals surface area contributed by atoms with Gasteiger partial charge in [-0.25, -0.2) is 0 Å². The van der Waals surface area contributed by atoms with Crippen LogP contribution in [0.25, 0.3) is 0 Å². The molecule has 1 aliphatic rings. The van der Waals surface area contributed by atoms with Gasteiger partial charge in [-0.15, -0.1) is 0 Å². The standard InChI is InChI=1S/C11H23NO2/c1-3-11(8-13,9-14-2)12-10-6-4-5-7-10/h10,12-13H,3-9H2,1-2H3. The molecule has 1 atom stereocenters. The van der Waals surface area contributed by atoms with E-state index in [9.17, 15) is 5.11 Å². The highest BCUT2D eigenvalue weighted by molar-refractivity contribution is 4.90. The summed E-state index contributed by atoms with van der Waals surface area (Å²) in [5.41, 5.74) is -0.218. The van der Waals surface area contributed by atoms with Crippen LogP contribution in [0.4, 0.5) is 0 Å². The summed E-state index contributed by atoms with van der Waals surface area (Å²) in [6.45, 7) is 2.85. The first-order chi connectivity index (χ1) is 6.76. The van der Waals surface area contributed by atoms with Gasteiger partial charge < -0.3 is 15.2 Å². The highest BCUT2D eigenvalue weighted by Crippen LogP contribution is 2.22. The number of hydrogen-bond acceptors (Lipinski definition) is 3. The van der Waals surface area contributed by atoms with E-state index in [0.29, 0.717) is 12.6 Å². The molecule has 0 radical (unpaired) electrons. The zero-order valence-electron chi connectivity index (χ0n) is 9.38. The third kappa shape index (κ3) is 2.94. The van der Waals surface area contributed by atoms with Crippen molar-refractivity contribution in [2.45, 2.75) is 50.6 Å². The van der Waals surface area contributed by atoms with Crippen molar-refractivity contribution in [2.24, 2.45) is 0 Å². The predicted molar refractivity (Wildman–Crippen MR) is 57.4 cm³/mol. The first kappa shape index (κ1) is 12.0. The molecule has 1 unspecified atom stereocenters. The molecular weight excluding hydrogens is 178 g/mol. The summed E-state index contributed by atoms with van der Waals surface area (Å²) < 4.78 is 5.18. The lowest BCUT2D eigenvalue weighted by Crippen LogP contribution is -2.55. The molecule has 0 aromatic heterocycles. The SMILES string of the molecule is CCC(CO)(COC)NC1CCCC1. The van der Waals surface area contributed by atoms with Crippen LogP contribution in [0.15, 0.2) is 0 Å². The van der Waals surface area contributed by atoms with Crippen molar-refractivity contribution in [2.75, 3.05) is 20.3 Å². The second-order valence-electron chi connectivity index (χ2n) is 4.35. The summed E-state index contributed by atoms with van der Waals surface area (Å²) in [6, 6.07) is 0.581. The van der Waals surface area contributed by atoms with E-state index in [2.05, 4.69) is 12.2 Å². The number of hydrogen-bond donors (Lipinski definition) is 2. The second kappa shape index (κ2) is 5.69. The maximum atomic E-state index is 9.43. The van der Waals surface area contributed by atoms with Gasteiger partial charge in [0.2, 0.25) is 0 Å². The molecule has 0 aliphatic heterocycles. The minimum absolute atomic E-state index is 0.161. The molecule has 0 heterocycles. The van der Waals surface area contributed by atoms with Crippen molar-refractivity contribution in [1.82, 2.24) is 5.32 Å². The van der Waals surface area contributed by atoms with Crippen LogP contribution in [0.1, 0.15) is 39.0 Å². The van der Waals surface area contributed by atoms with Gasteiger partial charge in [0.05, 0.1) is 18.8 Å². The molecule has 0 saturated heterocycles. The van der Waals surface area contributed by atoms with E-state index in [1.54, 1.807) is 7.11 Å². The smallest absolute Gasteiger partial charge is 0.0667 e. The lowest BCUT2D eigenvalue weighted by Gasteiger charge is -2.34. The molecule has 1 aliphatic carbocycles. The van der Waals surface area contributed by atoms with Gasteiger partial charge in [-0.1, -0.05) is 19.8 Å². The predicted octanol–water partition coefficient (Wildman–Crippen LogP) is 1.31. The van der Waals surface area contributed by atoms with Crippen LogP contribution in [0.2, 0.25) is 0 Å². The fourth-order valence-electron chi connectivity index (χ4n) is 2.23. The average molecular weight is 201 g/mol. The molecule has 0 aromatic carbocycles. The van der Waals surface area contributed by atoms with Crippen LogP contribution >= 0.6 is 0 Å². The summed E-state index contributed by atoms with van der Waals surface area (Å²) >= 11 is 0. The fourth-order valence-corrected chi connectivity index (χ4v) is 2.23. The normalized spacial score (nSPS) is 22.5. The van der Waals surface area contributed by atoms with Crippen LogP contribution < -0.4 is 5.32 Å². The summed E-state index contributed by atoms with van der Waals surface area (Å²) in [4.78, 5) is 0. The minimum Gasteiger partial charge on any atom is -0.394 e. The maximum absolute atomic E-state index is 9.43. The molecule has 3 heteroatoms. The zero-order chi connectivity index (χ0) is 10.4. The first-order valence-corrected chi connectivity index (χ1v) is 5.64. The average Bonchev–Trinajstić information content (AvgIpc) is 2.69. The van der Waals surface area contributed by atoms with Gasteiger partial charge in [-0.2, -0.15) is 0 Å². The number of ether oxygens (including phenoxy) is 1. The van der Waals surface area contributed by atoms with Gasteiger partial charge in [0.15, 0.2) is 0 Å². The van der Waals surface area contributed by atoms with Crippen LogP contribution in [0.5, 0.6) is 0 Å². The Hall–Kier alpha value is -0.120. The molecule has 0 aromatic rings. The molecule has 14 heavy (non-hydrogen) atoms. The molecular formula is C11H23NO2. The summed E-state index contributed by atoms with van der Waals surface area (Å²) in [5, 5.41) is 13.0. The Morgan fingerprint density at radius 3 is 2.50 bits per heavy atom. The first-order valence-electron chi connectivity index (χ1n) is 5.64. The van der Waals surface area contributed by atoms with E-state index in [1.165, 1.54) is 25.7 Å². The summed E-state index contributed by atoms with van der Waals surface area (Å²) in [5.74, 6) is 0. The van der Waals surface area contributed by atoms with Crippen molar-refractivity contribution in [3.05, 3.63) is 0 Å². The van der Waals surface area contributed by atoms with Gasteiger partial charge in [0, 0.05) is 13.2 Å². The molecule has 2 N–H and O–H groups in total. The Morgan fingerprint density at radius 1 is 1.43 bits per heavy atom. The monoisotopic (exact) mass is 201 g/mol. The van der Waals surface area contributed by atoms with Crippen molar-refractivity contribution in [1.29, 1.82) is 0 Å². The minimum atomic E-state index is -0.218. The molecule has 84 valence electrons. The van der Waals surface area contributed by atoms with Crippen molar-refractivity contribution >= 4 is 0 Å². The molecule has 0 spiro atoms. The highest BCUT2D eigenvalue weighted by Gasteiger charge is 2.31. The van der Waals surface area contributed by atoms with Gasteiger partial charge >= 0.3 is 0 Å². The summed E-state index contributed by atoms with van der Waals surface area (Å²) in [6.07, 6.45) is 6.02. The summed E-state index contributed by atoms with van der Waals surface area (Å²) in [7, 11) is 1.69. The largest absolute Gasteiger partial charge is 0.394 e. The van der Waals surface area contributed by atoms with Gasteiger partial charge in [0.25, 0.3) is 0 Å². The number of aliphatic hydroxyl groups is 1. The maximum Gasteiger partial charge on any atom is 0.0667 e. The highest BCUT2D eigenvalue weighted by atomic mass is 16.5. The zero-order valence-corrected chi connectivity index (χ0v) is 9.38. The molecule has 0 bridgehead atoms. The third-order valence-corrected chi connectivity index (χ3v) is 3.27. The molecule has 3 nitrogen and oxygen atoms in total. The Morgan fingerprint density at radius 2 is 2.07 bits per heavy atom. The fraction of sp³-hybridized carbons (Fsp3) is 1.00. The lowest BCUT2D eigenvalue weighted by molar-refractivity contribution is 0.0519. The second-order valence-corrected chi connectivity index (χ2v) is 4.35. The van der Waals surface area contributed by atoms with E-state index >= 15 is 0 Å². The van der Waals surface area contributed by atoms with E-state index < -0.39 is 0 Å². The van der Waals surface area contributed by atoms with E-state index in [-0.39, 0.29) is 12.1 Å². The van der Waals surface area contributed by atoms with Gasteiger partial charge in [-0.05, 0) is 19.3 Å². The Kier molecular flexibility index (Phi) is 4.85. The van der Waals surface area contributed by atoms with E-state index in [4.69, 9.17) is 4.74 Å². The van der Waals surface area contributed by atoms with Crippen LogP contribution in [0, 0.1) is 0 Å². The topological polar surface area (TPSA) is 41.5 Å². The number of rotatable bonds is 6. The molecule has 1 rings (SSSR count). The van der Waals surface area contributed by atoms with Crippen molar-refractivity contribution in [3.8, 4) is 0 Å². The van der Waals surface area contributed by atoms with Crippen LogP contribution in [-0.2, 0) is 4.74 Å². The number of nitrogens with one attached hydrogen (secondary N) is 1. The van der Waals surface area contributed by atoms with Crippen LogP contribution in [0.3, 0.4) is 0 Å². The van der Waals surface area contributed by atoms with Crippen molar-refractivity contribution in [3.63, 3.8) is 0 Å². The Labute approximate surface area is 86.8 Å². The number of aliphatic hydroxyl groups excluding tert-OH is 1. The van der Waals surface area contributed by atoms with Gasteiger partial charge in [0.1, 0.15) is 0 Å². The van der Waals surface area contributed by atoms with Crippen molar-refractivity contribution < 1.29 is 9.84 Å². The number of methoxy groups -OCH3 is 1. The molecule has 1 saturated carbocycles. The molecule has 0 amide bonds. The quantitative estimate of drug-likeness (QED) is 0.681. The third-order valence-electron chi connectivity index (χ3n) is 3.27. The Bertz CT molecular complexity index is 151. The molecule has 1 fully saturated rings. The van der Waals surface area contributed by atoms with Gasteiger partial charge in [-0.3, -0.25) is 0 Å². The van der Waals surface area contributed by atoms with Crippen LogP contribution in [-0.4, -0.2) is 37.0 Å². The lowest BCUT2D eigenvalue weighted by atomic mass is 9.96. The Balaban J connectivity index is 2.47. The van der Waals surface area contributed by atoms with E-state index in [1.807, 2.05) is 0 Å². The van der Waals surface area contributed by atoms with E-state index in [0.717, 1.165) is 6.42 Å².